The van der Waals surface area contributed by atoms with Crippen molar-refractivity contribution in [3.8, 4) is 0 Å². The number of nitrogens with one attached hydrogen (secondary N) is 1. The first kappa shape index (κ1) is 13.9. The Bertz CT molecular complexity index is 595. The molecule has 2 unspecified atom stereocenters. The Balaban J connectivity index is 1.86. The van der Waals surface area contributed by atoms with Crippen molar-refractivity contribution < 1.29 is 8.42 Å². The van der Waals surface area contributed by atoms with E-state index in [0.29, 0.717) is 17.3 Å². The van der Waals surface area contributed by atoms with Gasteiger partial charge in [0.05, 0.1) is 5.69 Å². The normalized spacial score (nSPS) is 26.9. The van der Waals surface area contributed by atoms with Crippen molar-refractivity contribution in [2.75, 3.05) is 18.8 Å². The summed E-state index contributed by atoms with van der Waals surface area (Å²) < 4.78 is 28.1. The van der Waals surface area contributed by atoms with Gasteiger partial charge in [0.25, 0.3) is 0 Å². The van der Waals surface area contributed by atoms with E-state index >= 15 is 0 Å². The van der Waals surface area contributed by atoms with Gasteiger partial charge in [-0.25, -0.2) is 13.1 Å². The van der Waals surface area contributed by atoms with E-state index < -0.39 is 10.0 Å². The van der Waals surface area contributed by atoms with E-state index in [2.05, 4.69) is 9.62 Å². The molecule has 1 aromatic rings. The molecule has 3 rings (SSSR count). The lowest BCUT2D eigenvalue weighted by molar-refractivity contribution is 0.309. The Labute approximate surface area is 120 Å². The smallest absolute Gasteiger partial charge is 0.243 e. The van der Waals surface area contributed by atoms with Crippen LogP contribution in [0, 0.1) is 6.92 Å². The molecule has 2 atom stereocenters. The van der Waals surface area contributed by atoms with E-state index in [0.717, 1.165) is 32.4 Å². The van der Waals surface area contributed by atoms with Crippen molar-refractivity contribution in [1.29, 1.82) is 0 Å². The molecule has 3 N–H and O–H groups in total. The molecule has 0 aromatic heterocycles. The van der Waals surface area contributed by atoms with Gasteiger partial charge in [0.1, 0.15) is 4.90 Å². The Kier molecular flexibility index (Phi) is 3.48. The van der Waals surface area contributed by atoms with Crippen molar-refractivity contribution >= 4 is 15.7 Å². The summed E-state index contributed by atoms with van der Waals surface area (Å²) in [5, 5.41) is 0. The number of nitrogens with two attached hydrogens (primary N) is 1. The standard InChI is InChI=1S/C14H21N3O2S/c1-10-4-2-5-11(15)14(10)20(18,19)16-12-7-9-17-8-3-6-13(12)17/h2,4-5,12-13,16H,3,6-9,15H2,1H3. The third-order valence-electron chi connectivity index (χ3n) is 4.42. The van der Waals surface area contributed by atoms with Crippen LogP contribution in [0.2, 0.25) is 0 Å². The molecule has 2 aliphatic heterocycles. The van der Waals surface area contributed by atoms with Crippen LogP contribution in [0.3, 0.4) is 0 Å². The number of aryl methyl sites for hydroxylation is 1. The number of nitrogens with zero attached hydrogens (tertiary/aromatic N) is 1. The molecule has 0 saturated carbocycles. The second-order valence-corrected chi connectivity index (χ2v) is 7.41. The molecule has 0 spiro atoms. The van der Waals surface area contributed by atoms with Gasteiger partial charge in [0, 0.05) is 18.6 Å². The number of rotatable bonds is 3. The van der Waals surface area contributed by atoms with Crippen LogP contribution >= 0.6 is 0 Å². The lowest BCUT2D eigenvalue weighted by Crippen LogP contribution is -2.42. The molecule has 2 saturated heterocycles. The summed E-state index contributed by atoms with van der Waals surface area (Å²) in [4.78, 5) is 2.62. The number of hydrogen-bond acceptors (Lipinski definition) is 4. The third-order valence-corrected chi connectivity index (χ3v) is 6.13. The van der Waals surface area contributed by atoms with Crippen molar-refractivity contribution in [1.82, 2.24) is 9.62 Å². The molecular weight excluding hydrogens is 274 g/mol. The highest BCUT2D eigenvalue weighted by Crippen LogP contribution is 2.30. The number of hydrogen-bond donors (Lipinski definition) is 2. The average molecular weight is 295 g/mol. The molecule has 1 aromatic carbocycles. The monoisotopic (exact) mass is 295 g/mol. The maximum atomic E-state index is 12.6. The summed E-state index contributed by atoms with van der Waals surface area (Å²) in [6.07, 6.45) is 3.13. The van der Waals surface area contributed by atoms with Crippen molar-refractivity contribution in [2.45, 2.75) is 43.2 Å². The van der Waals surface area contributed by atoms with Gasteiger partial charge < -0.3 is 5.73 Å². The fourth-order valence-electron chi connectivity index (χ4n) is 3.52. The zero-order chi connectivity index (χ0) is 14.3. The van der Waals surface area contributed by atoms with Crippen molar-refractivity contribution in [3.63, 3.8) is 0 Å². The van der Waals surface area contributed by atoms with Crippen molar-refractivity contribution in [3.05, 3.63) is 23.8 Å². The van der Waals surface area contributed by atoms with E-state index in [1.54, 1.807) is 25.1 Å². The second kappa shape index (κ2) is 5.02. The Hall–Kier alpha value is -1.11. The van der Waals surface area contributed by atoms with Crippen LogP contribution in [-0.2, 0) is 10.0 Å². The van der Waals surface area contributed by atoms with Crippen LogP contribution in [0.25, 0.3) is 0 Å². The van der Waals surface area contributed by atoms with E-state index in [1.807, 2.05) is 0 Å². The summed E-state index contributed by atoms with van der Waals surface area (Å²) in [5.41, 5.74) is 6.87. The van der Waals surface area contributed by atoms with Gasteiger partial charge >= 0.3 is 0 Å². The quantitative estimate of drug-likeness (QED) is 0.819. The molecule has 2 aliphatic rings. The minimum atomic E-state index is -3.55. The largest absolute Gasteiger partial charge is 0.398 e. The summed E-state index contributed by atoms with van der Waals surface area (Å²) in [6, 6.07) is 5.56. The first-order valence-corrected chi connectivity index (χ1v) is 8.59. The molecule has 6 heteroatoms. The fourth-order valence-corrected chi connectivity index (χ4v) is 5.18. The van der Waals surface area contributed by atoms with E-state index in [4.69, 9.17) is 5.73 Å². The average Bonchev–Trinajstić information content (AvgIpc) is 2.93. The van der Waals surface area contributed by atoms with E-state index in [1.165, 1.54) is 0 Å². The van der Waals surface area contributed by atoms with Crippen LogP contribution in [0.4, 0.5) is 5.69 Å². The van der Waals surface area contributed by atoms with Gasteiger partial charge in [-0.3, -0.25) is 4.90 Å². The zero-order valence-corrected chi connectivity index (χ0v) is 12.5. The predicted molar refractivity (Wildman–Crippen MR) is 78.9 cm³/mol. The lowest BCUT2D eigenvalue weighted by Gasteiger charge is -2.22. The molecule has 0 radical (unpaired) electrons. The Morgan fingerprint density at radius 1 is 1.30 bits per heavy atom. The van der Waals surface area contributed by atoms with E-state index in [9.17, 15) is 8.42 Å². The van der Waals surface area contributed by atoms with Crippen molar-refractivity contribution in [2.24, 2.45) is 0 Å². The number of nitrogen functional groups attached to an aromatic ring is 1. The predicted octanol–water partition coefficient (Wildman–Crippen LogP) is 1.09. The van der Waals surface area contributed by atoms with Gasteiger partial charge in [-0.15, -0.1) is 0 Å². The molecule has 2 heterocycles. The first-order valence-electron chi connectivity index (χ1n) is 7.10. The maximum Gasteiger partial charge on any atom is 0.243 e. The maximum absolute atomic E-state index is 12.6. The highest BCUT2D eigenvalue weighted by Gasteiger charge is 2.39. The van der Waals surface area contributed by atoms with Crippen LogP contribution in [-0.4, -0.2) is 38.5 Å². The molecule has 110 valence electrons. The molecule has 0 bridgehead atoms. The van der Waals surface area contributed by atoms with Crippen LogP contribution in [0.1, 0.15) is 24.8 Å². The number of sulfonamides is 1. The number of fused-ring (bicyclic) bond motifs is 1. The summed E-state index contributed by atoms with van der Waals surface area (Å²) in [7, 11) is -3.55. The SMILES string of the molecule is Cc1cccc(N)c1S(=O)(=O)NC1CCN2CCCC12. The highest BCUT2D eigenvalue weighted by molar-refractivity contribution is 7.89. The number of benzene rings is 1. The topological polar surface area (TPSA) is 75.4 Å². The summed E-state index contributed by atoms with van der Waals surface area (Å²) in [5.74, 6) is 0. The summed E-state index contributed by atoms with van der Waals surface area (Å²) in [6.45, 7) is 3.86. The summed E-state index contributed by atoms with van der Waals surface area (Å²) >= 11 is 0. The Morgan fingerprint density at radius 3 is 2.85 bits per heavy atom. The molecular formula is C14H21N3O2S. The van der Waals surface area contributed by atoms with Crippen LogP contribution < -0.4 is 10.5 Å². The van der Waals surface area contributed by atoms with Gasteiger partial charge in [0.15, 0.2) is 0 Å². The van der Waals surface area contributed by atoms with Gasteiger partial charge in [-0.2, -0.15) is 0 Å². The fraction of sp³-hybridized carbons (Fsp3) is 0.571. The molecule has 5 nitrogen and oxygen atoms in total. The molecule has 0 aliphatic carbocycles. The highest BCUT2D eigenvalue weighted by atomic mass is 32.2. The van der Waals surface area contributed by atoms with Gasteiger partial charge in [-0.05, 0) is 44.4 Å². The van der Waals surface area contributed by atoms with Crippen LogP contribution in [0.15, 0.2) is 23.1 Å². The minimum absolute atomic E-state index is 0.0153. The van der Waals surface area contributed by atoms with E-state index in [-0.39, 0.29) is 10.9 Å². The second-order valence-electron chi connectivity index (χ2n) is 5.76. The van der Waals surface area contributed by atoms with Crippen LogP contribution in [0.5, 0.6) is 0 Å². The minimum Gasteiger partial charge on any atom is -0.398 e. The number of anilines is 1. The third kappa shape index (κ3) is 2.32. The van der Waals surface area contributed by atoms with Gasteiger partial charge in [0.2, 0.25) is 10.0 Å². The molecule has 2 fully saturated rings. The first-order chi connectivity index (χ1) is 9.49. The zero-order valence-electron chi connectivity index (χ0n) is 11.7. The molecule has 20 heavy (non-hydrogen) atoms. The van der Waals surface area contributed by atoms with Gasteiger partial charge in [-0.1, -0.05) is 12.1 Å². The molecule has 0 amide bonds. The Morgan fingerprint density at radius 2 is 2.10 bits per heavy atom. The lowest BCUT2D eigenvalue weighted by atomic mass is 10.1.